The lowest BCUT2D eigenvalue weighted by atomic mass is 10.2. The van der Waals surface area contributed by atoms with Gasteiger partial charge in [-0.1, -0.05) is 12.1 Å². The Kier molecular flexibility index (Phi) is 5.13. The van der Waals surface area contributed by atoms with Crippen molar-refractivity contribution in [3.8, 4) is 5.75 Å². The molecule has 6 heteroatoms. The average Bonchev–Trinajstić information content (AvgIpc) is 2.34. The van der Waals surface area contributed by atoms with Crippen molar-refractivity contribution in [1.29, 1.82) is 0 Å². The third-order valence-corrected chi connectivity index (χ3v) is 2.18. The third kappa shape index (κ3) is 4.42. The zero-order valence-corrected chi connectivity index (χ0v) is 10.3. The van der Waals surface area contributed by atoms with Crippen molar-refractivity contribution in [3.63, 3.8) is 0 Å². The van der Waals surface area contributed by atoms with Gasteiger partial charge in [0.15, 0.2) is 0 Å². The summed E-state index contributed by atoms with van der Waals surface area (Å²) in [4.78, 5) is 26.8. The first-order valence-electron chi connectivity index (χ1n) is 5.28. The van der Waals surface area contributed by atoms with Crippen molar-refractivity contribution in [1.82, 2.24) is 5.06 Å². The lowest BCUT2D eigenvalue weighted by Crippen LogP contribution is -2.33. The van der Waals surface area contributed by atoms with Crippen LogP contribution in [0.2, 0.25) is 0 Å². The lowest BCUT2D eigenvalue weighted by molar-refractivity contribution is -0.194. The molecule has 1 rings (SSSR count). The number of nitrogens with zero attached hydrogens (tertiary/aromatic N) is 1. The molecular weight excluding hydrogens is 238 g/mol. The summed E-state index contributed by atoms with van der Waals surface area (Å²) in [5.74, 6) is -0.862. The molecular formula is C12H15NO5. The molecule has 6 nitrogen and oxygen atoms in total. The molecule has 1 aromatic rings. The molecule has 0 aliphatic heterocycles. The van der Waals surface area contributed by atoms with Gasteiger partial charge in [0.1, 0.15) is 18.9 Å². The van der Waals surface area contributed by atoms with E-state index in [1.807, 2.05) is 0 Å². The van der Waals surface area contributed by atoms with E-state index in [1.165, 1.54) is 6.92 Å². The van der Waals surface area contributed by atoms with E-state index in [1.54, 1.807) is 31.4 Å². The summed E-state index contributed by atoms with van der Waals surface area (Å²) in [7, 11) is 1.57. The number of carbonyl (C=O) groups excluding carboxylic acids is 1. The second-order valence-electron chi connectivity index (χ2n) is 3.57. The fourth-order valence-corrected chi connectivity index (χ4v) is 1.24. The Morgan fingerprint density at radius 3 is 2.33 bits per heavy atom. The molecule has 1 N–H and O–H groups in total. The van der Waals surface area contributed by atoms with Crippen molar-refractivity contribution in [2.45, 2.75) is 13.5 Å². The topological polar surface area (TPSA) is 76.1 Å². The largest absolute Gasteiger partial charge is 0.497 e. The molecule has 0 aromatic heterocycles. The van der Waals surface area contributed by atoms with Gasteiger partial charge in [0.05, 0.1) is 7.11 Å². The highest BCUT2D eigenvalue weighted by Crippen LogP contribution is 2.12. The number of carbonyl (C=O) groups is 2. The van der Waals surface area contributed by atoms with Crippen LogP contribution in [0.1, 0.15) is 12.5 Å². The minimum absolute atomic E-state index is 0.122. The van der Waals surface area contributed by atoms with E-state index in [0.717, 1.165) is 10.6 Å². The van der Waals surface area contributed by atoms with Crippen LogP contribution in [0.3, 0.4) is 0 Å². The third-order valence-electron chi connectivity index (χ3n) is 2.18. The standard InChI is InChI=1S/C12H15NO5/c1-9(14)13(7-12(15)16)18-8-10-3-5-11(17-2)6-4-10/h3-6H,7-8H2,1-2H3,(H,15,16). The number of benzene rings is 1. The van der Waals surface area contributed by atoms with Crippen LogP contribution < -0.4 is 4.74 Å². The molecule has 0 fully saturated rings. The molecule has 0 spiro atoms. The Labute approximate surface area is 105 Å². The first kappa shape index (κ1) is 14.0. The van der Waals surface area contributed by atoms with Gasteiger partial charge in [-0.25, -0.2) is 5.06 Å². The van der Waals surface area contributed by atoms with E-state index < -0.39 is 18.4 Å². The molecule has 0 aliphatic rings. The van der Waals surface area contributed by atoms with E-state index in [9.17, 15) is 9.59 Å². The summed E-state index contributed by atoms with van der Waals surface area (Å²) < 4.78 is 5.00. The molecule has 0 saturated heterocycles. The molecule has 18 heavy (non-hydrogen) atoms. The number of hydrogen-bond acceptors (Lipinski definition) is 4. The van der Waals surface area contributed by atoms with Crippen LogP contribution in [0.25, 0.3) is 0 Å². The Hall–Kier alpha value is -2.08. The van der Waals surface area contributed by atoms with Gasteiger partial charge in [-0.3, -0.25) is 14.4 Å². The zero-order valence-electron chi connectivity index (χ0n) is 10.3. The van der Waals surface area contributed by atoms with Gasteiger partial charge in [-0.05, 0) is 17.7 Å². The van der Waals surface area contributed by atoms with Crippen molar-refractivity contribution in [2.24, 2.45) is 0 Å². The fourth-order valence-electron chi connectivity index (χ4n) is 1.24. The van der Waals surface area contributed by atoms with Crippen molar-refractivity contribution in [2.75, 3.05) is 13.7 Å². The number of amides is 1. The SMILES string of the molecule is COc1ccc(CON(CC(=O)O)C(C)=O)cc1. The van der Waals surface area contributed by atoms with Crippen LogP contribution in [-0.4, -0.2) is 35.7 Å². The summed E-state index contributed by atoms with van der Waals surface area (Å²) in [5.41, 5.74) is 0.812. The van der Waals surface area contributed by atoms with Crippen LogP contribution in [0.15, 0.2) is 24.3 Å². The van der Waals surface area contributed by atoms with Gasteiger partial charge in [0, 0.05) is 6.92 Å². The molecule has 0 radical (unpaired) electrons. The number of ether oxygens (including phenoxy) is 1. The number of hydroxylamine groups is 2. The van der Waals surface area contributed by atoms with E-state index >= 15 is 0 Å². The molecule has 0 bridgehead atoms. The molecule has 0 unspecified atom stereocenters. The van der Waals surface area contributed by atoms with Crippen molar-refractivity contribution >= 4 is 11.9 Å². The maximum Gasteiger partial charge on any atom is 0.325 e. The maximum atomic E-state index is 11.1. The van der Waals surface area contributed by atoms with Crippen LogP contribution >= 0.6 is 0 Å². The Balaban J connectivity index is 2.55. The molecule has 1 aromatic carbocycles. The van der Waals surface area contributed by atoms with Gasteiger partial charge < -0.3 is 9.84 Å². The maximum absolute atomic E-state index is 11.1. The minimum atomic E-state index is -1.13. The highest BCUT2D eigenvalue weighted by atomic mass is 16.7. The van der Waals surface area contributed by atoms with E-state index in [2.05, 4.69) is 0 Å². The summed E-state index contributed by atoms with van der Waals surface area (Å²) in [6.45, 7) is 0.888. The quantitative estimate of drug-likeness (QED) is 0.767. The monoisotopic (exact) mass is 253 g/mol. The summed E-state index contributed by atoms with van der Waals surface area (Å²) in [6.07, 6.45) is 0. The minimum Gasteiger partial charge on any atom is -0.497 e. The second kappa shape index (κ2) is 6.61. The second-order valence-corrected chi connectivity index (χ2v) is 3.57. The predicted octanol–water partition coefficient (Wildman–Crippen LogP) is 1.06. The smallest absolute Gasteiger partial charge is 0.325 e. The highest BCUT2D eigenvalue weighted by molar-refractivity contribution is 5.78. The lowest BCUT2D eigenvalue weighted by Gasteiger charge is -2.18. The normalized spacial score (nSPS) is 9.89. The number of aliphatic carboxylic acids is 1. The van der Waals surface area contributed by atoms with Crippen LogP contribution in [0.4, 0.5) is 0 Å². The Morgan fingerprint density at radius 2 is 1.89 bits per heavy atom. The fraction of sp³-hybridized carbons (Fsp3) is 0.333. The van der Waals surface area contributed by atoms with E-state index in [4.69, 9.17) is 14.7 Å². The molecule has 0 atom stereocenters. The number of carboxylic acid groups (broad SMARTS) is 1. The first-order chi connectivity index (χ1) is 8.52. The van der Waals surface area contributed by atoms with Gasteiger partial charge in [-0.15, -0.1) is 0 Å². The van der Waals surface area contributed by atoms with Gasteiger partial charge in [-0.2, -0.15) is 0 Å². The van der Waals surface area contributed by atoms with Crippen LogP contribution in [-0.2, 0) is 21.0 Å². The van der Waals surface area contributed by atoms with E-state index in [0.29, 0.717) is 5.75 Å². The van der Waals surface area contributed by atoms with Gasteiger partial charge in [0.25, 0.3) is 0 Å². The van der Waals surface area contributed by atoms with Crippen molar-refractivity contribution < 1.29 is 24.3 Å². The molecule has 0 saturated carbocycles. The summed E-state index contributed by atoms with van der Waals surface area (Å²) >= 11 is 0. The Bertz CT molecular complexity index is 415. The molecule has 98 valence electrons. The van der Waals surface area contributed by atoms with Crippen LogP contribution in [0, 0.1) is 0 Å². The number of rotatable bonds is 6. The van der Waals surface area contributed by atoms with Gasteiger partial charge in [0.2, 0.25) is 5.91 Å². The average molecular weight is 253 g/mol. The van der Waals surface area contributed by atoms with Crippen LogP contribution in [0.5, 0.6) is 5.75 Å². The highest BCUT2D eigenvalue weighted by Gasteiger charge is 2.13. The summed E-state index contributed by atoms with van der Waals surface area (Å²) in [5, 5.41) is 9.42. The molecule has 1 amide bonds. The summed E-state index contributed by atoms with van der Waals surface area (Å²) in [6, 6.07) is 7.07. The number of hydrogen-bond donors (Lipinski definition) is 1. The zero-order chi connectivity index (χ0) is 13.5. The first-order valence-corrected chi connectivity index (χ1v) is 5.28. The van der Waals surface area contributed by atoms with E-state index in [-0.39, 0.29) is 6.61 Å². The number of carboxylic acids is 1. The molecule has 0 aliphatic carbocycles. The van der Waals surface area contributed by atoms with Crippen molar-refractivity contribution in [3.05, 3.63) is 29.8 Å². The molecule has 0 heterocycles. The van der Waals surface area contributed by atoms with Gasteiger partial charge >= 0.3 is 5.97 Å². The predicted molar refractivity (Wildman–Crippen MR) is 62.8 cm³/mol. The Morgan fingerprint density at radius 1 is 1.28 bits per heavy atom. The number of methoxy groups -OCH3 is 1.